The van der Waals surface area contributed by atoms with Crippen molar-refractivity contribution >= 4 is 11.8 Å². The quantitative estimate of drug-likeness (QED) is 0.742. The van der Waals surface area contributed by atoms with Crippen molar-refractivity contribution in [3.63, 3.8) is 0 Å². The maximum atomic E-state index is 5.81. The Morgan fingerprint density at radius 1 is 1.31 bits per heavy atom. The number of methoxy groups -OCH3 is 1. The van der Waals surface area contributed by atoms with Crippen molar-refractivity contribution in [2.45, 2.75) is 25.0 Å². The van der Waals surface area contributed by atoms with Gasteiger partial charge in [-0.1, -0.05) is 25.5 Å². The van der Waals surface area contributed by atoms with Gasteiger partial charge in [-0.15, -0.1) is 0 Å². The summed E-state index contributed by atoms with van der Waals surface area (Å²) in [5.74, 6) is 2.09. The molecule has 0 aromatic heterocycles. The molecule has 1 atom stereocenters. The molecule has 0 fully saturated rings. The minimum absolute atomic E-state index is 0.414. The van der Waals surface area contributed by atoms with E-state index in [-0.39, 0.29) is 0 Å². The lowest BCUT2D eigenvalue weighted by molar-refractivity contribution is 0.414. The second-order valence-corrected chi connectivity index (χ2v) is 5.03. The summed E-state index contributed by atoms with van der Waals surface area (Å²) in [5.41, 5.74) is 7.10. The third-order valence-electron chi connectivity index (χ3n) is 2.52. The van der Waals surface area contributed by atoms with Crippen LogP contribution in [0.2, 0.25) is 0 Å². The summed E-state index contributed by atoms with van der Waals surface area (Å²) < 4.78 is 5.14. The van der Waals surface area contributed by atoms with Crippen LogP contribution in [0.1, 0.15) is 30.6 Å². The van der Waals surface area contributed by atoms with Crippen molar-refractivity contribution in [2.24, 2.45) is 5.73 Å². The van der Waals surface area contributed by atoms with Gasteiger partial charge in [-0.2, -0.15) is 11.8 Å². The fourth-order valence-corrected chi connectivity index (χ4v) is 2.71. The lowest BCUT2D eigenvalue weighted by atomic mass is 10.1. The monoisotopic (exact) mass is 239 g/mol. The van der Waals surface area contributed by atoms with Crippen LogP contribution in [0.5, 0.6) is 5.75 Å². The summed E-state index contributed by atoms with van der Waals surface area (Å²) in [6.45, 7) is 2.91. The third-order valence-corrected chi connectivity index (χ3v) is 3.91. The number of unbranched alkanes of at least 4 members (excludes halogenated alkanes) is 1. The standard InChI is InChI=1S/C13H21NOS/c1-3-4-9-16-13(10-14)11-5-7-12(15-2)8-6-11/h5-8,13H,3-4,9-10,14H2,1-2H3. The summed E-state index contributed by atoms with van der Waals surface area (Å²) in [6.07, 6.45) is 2.50. The van der Waals surface area contributed by atoms with Gasteiger partial charge in [-0.3, -0.25) is 0 Å². The largest absolute Gasteiger partial charge is 0.497 e. The SMILES string of the molecule is CCCCSC(CN)c1ccc(OC)cc1. The summed E-state index contributed by atoms with van der Waals surface area (Å²) in [6, 6.07) is 8.21. The molecule has 0 radical (unpaired) electrons. The Morgan fingerprint density at radius 2 is 2.00 bits per heavy atom. The second-order valence-electron chi connectivity index (χ2n) is 3.72. The van der Waals surface area contributed by atoms with Crippen molar-refractivity contribution in [1.29, 1.82) is 0 Å². The van der Waals surface area contributed by atoms with E-state index in [2.05, 4.69) is 19.1 Å². The maximum absolute atomic E-state index is 5.81. The van der Waals surface area contributed by atoms with Crippen molar-refractivity contribution in [2.75, 3.05) is 19.4 Å². The fraction of sp³-hybridized carbons (Fsp3) is 0.538. The molecular weight excluding hydrogens is 218 g/mol. The van der Waals surface area contributed by atoms with Crippen LogP contribution in [-0.4, -0.2) is 19.4 Å². The molecule has 0 spiro atoms. The van der Waals surface area contributed by atoms with E-state index in [1.807, 2.05) is 23.9 Å². The highest BCUT2D eigenvalue weighted by Crippen LogP contribution is 2.29. The highest BCUT2D eigenvalue weighted by Gasteiger charge is 2.09. The molecule has 0 saturated carbocycles. The molecule has 2 nitrogen and oxygen atoms in total. The zero-order valence-electron chi connectivity index (χ0n) is 10.1. The lowest BCUT2D eigenvalue weighted by Crippen LogP contribution is -2.09. The van der Waals surface area contributed by atoms with Gasteiger partial charge in [0.05, 0.1) is 7.11 Å². The lowest BCUT2D eigenvalue weighted by Gasteiger charge is -2.15. The first-order valence-electron chi connectivity index (χ1n) is 5.77. The van der Waals surface area contributed by atoms with Crippen LogP contribution in [0.25, 0.3) is 0 Å². The fourth-order valence-electron chi connectivity index (χ4n) is 1.49. The molecule has 1 aromatic rings. The van der Waals surface area contributed by atoms with Gasteiger partial charge in [-0.05, 0) is 29.9 Å². The number of nitrogens with two attached hydrogens (primary N) is 1. The number of benzene rings is 1. The van der Waals surface area contributed by atoms with Crippen molar-refractivity contribution in [1.82, 2.24) is 0 Å². The molecule has 2 N–H and O–H groups in total. The average molecular weight is 239 g/mol. The molecule has 16 heavy (non-hydrogen) atoms. The normalized spacial score (nSPS) is 12.4. The summed E-state index contributed by atoms with van der Waals surface area (Å²) in [5, 5.41) is 0.414. The first-order valence-corrected chi connectivity index (χ1v) is 6.82. The molecule has 3 heteroatoms. The van der Waals surface area contributed by atoms with E-state index in [9.17, 15) is 0 Å². The molecule has 0 bridgehead atoms. The highest BCUT2D eigenvalue weighted by molar-refractivity contribution is 7.99. The van der Waals surface area contributed by atoms with Crippen LogP contribution in [0.3, 0.4) is 0 Å². The summed E-state index contributed by atoms with van der Waals surface area (Å²) in [7, 11) is 1.69. The van der Waals surface area contributed by atoms with Crippen molar-refractivity contribution in [3.8, 4) is 5.75 Å². The van der Waals surface area contributed by atoms with Crippen LogP contribution >= 0.6 is 11.8 Å². The number of rotatable bonds is 7. The van der Waals surface area contributed by atoms with Gasteiger partial charge >= 0.3 is 0 Å². The van der Waals surface area contributed by atoms with Gasteiger partial charge in [0.15, 0.2) is 0 Å². The van der Waals surface area contributed by atoms with E-state index in [1.165, 1.54) is 24.2 Å². The zero-order valence-corrected chi connectivity index (χ0v) is 10.9. The van der Waals surface area contributed by atoms with Crippen LogP contribution in [0.15, 0.2) is 24.3 Å². The molecule has 1 unspecified atom stereocenters. The molecule has 0 amide bonds. The highest BCUT2D eigenvalue weighted by atomic mass is 32.2. The van der Waals surface area contributed by atoms with Crippen molar-refractivity contribution in [3.05, 3.63) is 29.8 Å². The minimum atomic E-state index is 0.414. The number of hydrogen-bond donors (Lipinski definition) is 1. The summed E-state index contributed by atoms with van der Waals surface area (Å²) in [4.78, 5) is 0. The van der Waals surface area contributed by atoms with E-state index in [1.54, 1.807) is 7.11 Å². The Balaban J connectivity index is 2.56. The van der Waals surface area contributed by atoms with E-state index in [0.717, 1.165) is 5.75 Å². The molecule has 0 aliphatic rings. The van der Waals surface area contributed by atoms with Gasteiger partial charge in [0.1, 0.15) is 5.75 Å². The topological polar surface area (TPSA) is 35.2 Å². The van der Waals surface area contributed by atoms with Crippen LogP contribution in [0, 0.1) is 0 Å². The molecule has 1 aromatic carbocycles. The Labute approximate surface area is 103 Å². The molecule has 0 aliphatic carbocycles. The third kappa shape index (κ3) is 4.06. The number of hydrogen-bond acceptors (Lipinski definition) is 3. The van der Waals surface area contributed by atoms with Gasteiger partial charge < -0.3 is 10.5 Å². The first kappa shape index (κ1) is 13.4. The van der Waals surface area contributed by atoms with Crippen LogP contribution in [-0.2, 0) is 0 Å². The van der Waals surface area contributed by atoms with Gasteiger partial charge in [0, 0.05) is 11.8 Å². The van der Waals surface area contributed by atoms with E-state index >= 15 is 0 Å². The molecule has 1 rings (SSSR count). The smallest absolute Gasteiger partial charge is 0.118 e. The van der Waals surface area contributed by atoms with Crippen LogP contribution in [0.4, 0.5) is 0 Å². The Kier molecular flexibility index (Phi) is 6.34. The molecule has 0 saturated heterocycles. The Hall–Kier alpha value is -0.670. The first-order chi connectivity index (χ1) is 7.81. The molecular formula is C13H21NOS. The summed E-state index contributed by atoms with van der Waals surface area (Å²) >= 11 is 1.95. The maximum Gasteiger partial charge on any atom is 0.118 e. The molecule has 0 aliphatic heterocycles. The van der Waals surface area contributed by atoms with E-state index < -0.39 is 0 Å². The van der Waals surface area contributed by atoms with Gasteiger partial charge in [-0.25, -0.2) is 0 Å². The molecule has 90 valence electrons. The molecule has 0 heterocycles. The van der Waals surface area contributed by atoms with E-state index in [4.69, 9.17) is 10.5 Å². The van der Waals surface area contributed by atoms with Gasteiger partial charge in [0.25, 0.3) is 0 Å². The predicted octanol–water partition coefficient (Wildman–Crippen LogP) is 3.23. The Morgan fingerprint density at radius 3 is 2.50 bits per heavy atom. The Bertz CT molecular complexity index is 286. The van der Waals surface area contributed by atoms with Crippen molar-refractivity contribution < 1.29 is 4.74 Å². The zero-order chi connectivity index (χ0) is 11.8. The van der Waals surface area contributed by atoms with E-state index in [0.29, 0.717) is 11.8 Å². The minimum Gasteiger partial charge on any atom is -0.497 e. The second kappa shape index (κ2) is 7.58. The number of ether oxygens (including phenoxy) is 1. The van der Waals surface area contributed by atoms with Gasteiger partial charge in [0.2, 0.25) is 0 Å². The average Bonchev–Trinajstić information content (AvgIpc) is 2.35. The predicted molar refractivity (Wildman–Crippen MR) is 72.2 cm³/mol. The number of thioether (sulfide) groups is 1. The van der Waals surface area contributed by atoms with Crippen LogP contribution < -0.4 is 10.5 Å².